The number of aromatic nitrogens is 2. The summed E-state index contributed by atoms with van der Waals surface area (Å²) in [5, 5.41) is 5.60. The summed E-state index contributed by atoms with van der Waals surface area (Å²) in [6.07, 6.45) is 6.67. The molecular weight excluding hydrogens is 334 g/mol. The van der Waals surface area contributed by atoms with Gasteiger partial charge in [0.1, 0.15) is 0 Å². The summed E-state index contributed by atoms with van der Waals surface area (Å²) in [5.41, 5.74) is 6.31. The topological polar surface area (TPSA) is 49.8 Å². The number of hydrogen-bond donors (Lipinski definition) is 2. The Balaban J connectivity index is 1.54. The highest BCUT2D eigenvalue weighted by Gasteiger charge is 2.39. The van der Waals surface area contributed by atoms with E-state index >= 15 is 0 Å². The lowest BCUT2D eigenvalue weighted by molar-refractivity contribution is -0.120. The van der Waals surface area contributed by atoms with Crippen molar-refractivity contribution in [1.82, 2.24) is 14.9 Å². The highest BCUT2D eigenvalue weighted by molar-refractivity contribution is 5.96. The molecule has 6 rings (SSSR count). The number of carbonyl (C=O) groups excluding carboxylic acids is 1. The SMILES string of the molecule is O=C1NC[C@@H](c2cn3c4c(cccc24)CCC3)[C@@H]1c1c[nH]c2ccccc12. The molecule has 0 saturated carbocycles. The molecule has 2 aromatic heterocycles. The second-order valence-electron chi connectivity index (χ2n) is 7.81. The van der Waals surface area contributed by atoms with Crippen LogP contribution < -0.4 is 5.32 Å². The van der Waals surface area contributed by atoms with Crippen LogP contribution in [-0.2, 0) is 17.8 Å². The molecule has 1 saturated heterocycles. The molecule has 0 radical (unpaired) electrons. The van der Waals surface area contributed by atoms with E-state index in [2.05, 4.69) is 51.4 Å². The fraction of sp³-hybridized carbons (Fsp3) is 0.261. The number of aryl methyl sites for hydroxylation is 2. The summed E-state index contributed by atoms with van der Waals surface area (Å²) in [7, 11) is 0. The van der Waals surface area contributed by atoms with Gasteiger partial charge in [0.2, 0.25) is 5.91 Å². The van der Waals surface area contributed by atoms with Crippen molar-refractivity contribution in [2.45, 2.75) is 31.2 Å². The first kappa shape index (κ1) is 15.1. The molecule has 4 heterocycles. The lowest BCUT2D eigenvalue weighted by Crippen LogP contribution is -2.17. The van der Waals surface area contributed by atoms with Crippen LogP contribution in [0.15, 0.2) is 54.9 Å². The third-order valence-electron chi connectivity index (χ3n) is 6.39. The Morgan fingerprint density at radius 3 is 2.85 bits per heavy atom. The number of aromatic amines is 1. The number of carbonyl (C=O) groups is 1. The molecule has 2 aliphatic rings. The van der Waals surface area contributed by atoms with Crippen molar-refractivity contribution in [1.29, 1.82) is 0 Å². The predicted molar refractivity (Wildman–Crippen MR) is 107 cm³/mol. The largest absolute Gasteiger partial charge is 0.361 e. The molecule has 2 aliphatic heterocycles. The Kier molecular flexibility index (Phi) is 3.07. The van der Waals surface area contributed by atoms with Gasteiger partial charge in [0.15, 0.2) is 0 Å². The fourth-order valence-electron chi connectivity index (χ4n) is 5.20. The minimum Gasteiger partial charge on any atom is -0.361 e. The van der Waals surface area contributed by atoms with Crippen LogP contribution in [0.5, 0.6) is 0 Å². The van der Waals surface area contributed by atoms with Crippen molar-refractivity contribution in [2.75, 3.05) is 6.54 Å². The van der Waals surface area contributed by atoms with Gasteiger partial charge in [0.25, 0.3) is 0 Å². The first-order chi connectivity index (χ1) is 13.3. The van der Waals surface area contributed by atoms with Crippen LogP contribution in [0.25, 0.3) is 21.8 Å². The molecule has 0 bridgehead atoms. The third-order valence-corrected chi connectivity index (χ3v) is 6.39. The number of nitrogens with zero attached hydrogens (tertiary/aromatic N) is 1. The maximum atomic E-state index is 12.9. The quantitative estimate of drug-likeness (QED) is 0.560. The molecule has 4 heteroatoms. The van der Waals surface area contributed by atoms with Gasteiger partial charge < -0.3 is 14.9 Å². The number of H-pyrrole nitrogens is 1. The van der Waals surface area contributed by atoms with E-state index in [0.29, 0.717) is 6.54 Å². The lowest BCUT2D eigenvalue weighted by atomic mass is 9.83. The van der Waals surface area contributed by atoms with Crippen LogP contribution in [0.4, 0.5) is 0 Å². The normalized spacial score (nSPS) is 21.9. The zero-order valence-electron chi connectivity index (χ0n) is 15.0. The molecule has 0 aliphatic carbocycles. The summed E-state index contributed by atoms with van der Waals surface area (Å²) >= 11 is 0. The summed E-state index contributed by atoms with van der Waals surface area (Å²) in [6.45, 7) is 1.77. The van der Waals surface area contributed by atoms with Gasteiger partial charge in [0.05, 0.1) is 11.4 Å². The minimum absolute atomic E-state index is 0.136. The van der Waals surface area contributed by atoms with E-state index < -0.39 is 0 Å². The summed E-state index contributed by atoms with van der Waals surface area (Å²) in [6, 6.07) is 14.9. The molecule has 4 nitrogen and oxygen atoms in total. The third kappa shape index (κ3) is 2.07. The van der Waals surface area contributed by atoms with Gasteiger partial charge in [-0.3, -0.25) is 4.79 Å². The summed E-state index contributed by atoms with van der Waals surface area (Å²) < 4.78 is 2.40. The van der Waals surface area contributed by atoms with Crippen LogP contribution in [-0.4, -0.2) is 22.0 Å². The number of benzene rings is 2. The van der Waals surface area contributed by atoms with Crippen molar-refractivity contribution in [2.24, 2.45) is 0 Å². The van der Waals surface area contributed by atoms with Crippen molar-refractivity contribution in [3.63, 3.8) is 0 Å². The zero-order valence-corrected chi connectivity index (χ0v) is 15.0. The highest BCUT2D eigenvalue weighted by atomic mass is 16.2. The predicted octanol–water partition coefficient (Wildman–Crippen LogP) is 4.07. The molecule has 27 heavy (non-hydrogen) atoms. The molecule has 2 atom stereocenters. The van der Waals surface area contributed by atoms with E-state index in [1.54, 1.807) is 0 Å². The van der Waals surface area contributed by atoms with Crippen molar-refractivity contribution < 1.29 is 4.79 Å². The average Bonchev–Trinajstić information content (AvgIpc) is 3.38. The van der Waals surface area contributed by atoms with Crippen molar-refractivity contribution in [3.8, 4) is 0 Å². The van der Waals surface area contributed by atoms with E-state index in [1.165, 1.54) is 28.5 Å². The second-order valence-corrected chi connectivity index (χ2v) is 7.81. The Bertz CT molecular complexity index is 1200. The molecule has 0 spiro atoms. The van der Waals surface area contributed by atoms with Crippen LogP contribution >= 0.6 is 0 Å². The maximum absolute atomic E-state index is 12.9. The number of nitrogens with one attached hydrogen (secondary N) is 2. The molecule has 4 aromatic rings. The zero-order chi connectivity index (χ0) is 18.0. The van der Waals surface area contributed by atoms with Crippen LogP contribution in [0.2, 0.25) is 0 Å². The Morgan fingerprint density at radius 2 is 1.89 bits per heavy atom. The number of para-hydroxylation sites is 2. The number of rotatable bonds is 2. The molecule has 134 valence electrons. The van der Waals surface area contributed by atoms with E-state index in [0.717, 1.165) is 29.4 Å². The average molecular weight is 355 g/mol. The standard InChI is InChI=1S/C23H21N3O/c27-23-21(17-11-24-20-9-2-1-7-15(17)20)18(12-25-23)19-13-26-10-4-6-14-5-3-8-16(19)22(14)26/h1-3,5,7-9,11,13,18,21,24H,4,6,10,12H2,(H,25,27)/t18-,21-/m0/s1. The number of hydrogen-bond acceptors (Lipinski definition) is 1. The van der Waals surface area contributed by atoms with E-state index in [4.69, 9.17) is 0 Å². The van der Waals surface area contributed by atoms with Gasteiger partial charge in [-0.15, -0.1) is 0 Å². The lowest BCUT2D eigenvalue weighted by Gasteiger charge is -2.16. The van der Waals surface area contributed by atoms with E-state index in [-0.39, 0.29) is 17.7 Å². The fourth-order valence-corrected chi connectivity index (χ4v) is 5.20. The first-order valence-corrected chi connectivity index (χ1v) is 9.75. The molecule has 2 N–H and O–H groups in total. The number of fused-ring (bicyclic) bond motifs is 1. The maximum Gasteiger partial charge on any atom is 0.228 e. The van der Waals surface area contributed by atoms with Gasteiger partial charge in [-0.05, 0) is 35.6 Å². The Labute approximate surface area is 157 Å². The Hall–Kier alpha value is -3.01. The van der Waals surface area contributed by atoms with Gasteiger partial charge in [-0.25, -0.2) is 0 Å². The van der Waals surface area contributed by atoms with Crippen LogP contribution in [0.3, 0.4) is 0 Å². The van der Waals surface area contributed by atoms with Crippen molar-refractivity contribution in [3.05, 3.63) is 71.5 Å². The molecule has 1 amide bonds. The molecule has 2 aromatic carbocycles. The molecule has 1 fully saturated rings. The second kappa shape index (κ2) is 5.49. The minimum atomic E-state index is -0.149. The monoisotopic (exact) mass is 355 g/mol. The summed E-state index contributed by atoms with van der Waals surface area (Å²) in [5.74, 6) is 0.148. The van der Waals surface area contributed by atoms with Gasteiger partial charge in [-0.1, -0.05) is 36.4 Å². The van der Waals surface area contributed by atoms with Gasteiger partial charge in [0, 0.05) is 47.7 Å². The molecule has 0 unspecified atom stereocenters. The van der Waals surface area contributed by atoms with E-state index in [9.17, 15) is 4.79 Å². The first-order valence-electron chi connectivity index (χ1n) is 9.75. The number of amides is 1. The van der Waals surface area contributed by atoms with Crippen LogP contribution in [0, 0.1) is 0 Å². The molecular formula is C23H21N3O. The van der Waals surface area contributed by atoms with Crippen LogP contribution in [0.1, 0.15) is 34.9 Å². The van der Waals surface area contributed by atoms with Crippen molar-refractivity contribution >= 4 is 27.7 Å². The summed E-state index contributed by atoms with van der Waals surface area (Å²) in [4.78, 5) is 16.2. The van der Waals surface area contributed by atoms with E-state index in [1.807, 2.05) is 18.3 Å². The van der Waals surface area contributed by atoms with Gasteiger partial charge >= 0.3 is 0 Å². The highest BCUT2D eigenvalue weighted by Crippen LogP contribution is 2.43. The Morgan fingerprint density at radius 1 is 1.00 bits per heavy atom. The van der Waals surface area contributed by atoms with Gasteiger partial charge in [-0.2, -0.15) is 0 Å². The smallest absolute Gasteiger partial charge is 0.228 e.